The molecule has 0 saturated heterocycles. The third-order valence-corrected chi connectivity index (χ3v) is 6.20. The first-order chi connectivity index (χ1) is 15.8. The predicted molar refractivity (Wildman–Crippen MR) is 136 cm³/mol. The van der Waals surface area contributed by atoms with E-state index < -0.39 is 5.25 Å². The Bertz CT molecular complexity index is 1140. The van der Waals surface area contributed by atoms with E-state index in [0.717, 1.165) is 11.4 Å². The Kier molecular flexibility index (Phi) is 8.52. The van der Waals surface area contributed by atoms with Crippen LogP contribution < -0.4 is 15.8 Å². The number of rotatable bonds is 10. The van der Waals surface area contributed by atoms with Crippen LogP contribution in [0.3, 0.4) is 0 Å². The van der Waals surface area contributed by atoms with Gasteiger partial charge in [0.05, 0.1) is 22.3 Å². The first-order valence-electron chi connectivity index (χ1n) is 11.1. The molecule has 0 spiro atoms. The van der Waals surface area contributed by atoms with Crippen molar-refractivity contribution in [3.63, 3.8) is 0 Å². The van der Waals surface area contributed by atoms with Crippen molar-refractivity contribution in [3.05, 3.63) is 58.9 Å². The number of nitrogens with one attached hydrogen (secondary N) is 1. The van der Waals surface area contributed by atoms with E-state index in [2.05, 4.69) is 5.32 Å². The van der Waals surface area contributed by atoms with Crippen LogP contribution in [-0.4, -0.2) is 47.5 Å². The Morgan fingerprint density at radius 1 is 1.12 bits per heavy atom. The van der Waals surface area contributed by atoms with Gasteiger partial charge in [0.1, 0.15) is 0 Å². The Hall–Kier alpha value is -2.84. The van der Waals surface area contributed by atoms with Crippen molar-refractivity contribution in [1.29, 1.82) is 0 Å². The van der Waals surface area contributed by atoms with Crippen molar-refractivity contribution in [2.75, 3.05) is 30.9 Å². The molecule has 1 aromatic heterocycles. The van der Waals surface area contributed by atoms with Crippen LogP contribution in [0.15, 0.2) is 58.5 Å². The standard InChI is InChI=1S/C25H32N4O3S/c1-17(2)32-16-8-15-29-24(31)21-9-6-7-10-22(21)27-25(29)33-18(3)23(30)26-19-11-13-20(14-12-19)28(4)5/h6-7,9-14,17-18H,8,15-16H2,1-5H3,(H,26,30)/t18-/m0/s1. The topological polar surface area (TPSA) is 76.5 Å². The van der Waals surface area contributed by atoms with Gasteiger partial charge in [-0.05, 0) is 63.6 Å². The number of thioether (sulfide) groups is 1. The van der Waals surface area contributed by atoms with Crippen molar-refractivity contribution < 1.29 is 9.53 Å². The first-order valence-corrected chi connectivity index (χ1v) is 12.0. The molecule has 1 amide bonds. The lowest BCUT2D eigenvalue weighted by molar-refractivity contribution is -0.115. The normalized spacial score (nSPS) is 12.2. The minimum Gasteiger partial charge on any atom is -0.379 e. The molecule has 0 saturated carbocycles. The highest BCUT2D eigenvalue weighted by atomic mass is 32.2. The number of nitrogens with zero attached hydrogens (tertiary/aromatic N) is 3. The second kappa shape index (κ2) is 11.3. The van der Waals surface area contributed by atoms with E-state index in [0.29, 0.717) is 35.6 Å². The molecule has 1 atom stereocenters. The maximum absolute atomic E-state index is 13.2. The van der Waals surface area contributed by atoms with Gasteiger partial charge in [0.25, 0.3) is 5.56 Å². The number of aromatic nitrogens is 2. The lowest BCUT2D eigenvalue weighted by atomic mass is 10.2. The molecule has 3 aromatic rings. The van der Waals surface area contributed by atoms with E-state index in [-0.39, 0.29) is 17.6 Å². The summed E-state index contributed by atoms with van der Waals surface area (Å²) in [6.45, 7) is 6.83. The third kappa shape index (κ3) is 6.58. The van der Waals surface area contributed by atoms with Gasteiger partial charge >= 0.3 is 0 Å². The van der Waals surface area contributed by atoms with Gasteiger partial charge in [-0.15, -0.1) is 0 Å². The molecule has 7 nitrogen and oxygen atoms in total. The van der Waals surface area contributed by atoms with E-state index in [1.54, 1.807) is 10.6 Å². The fourth-order valence-electron chi connectivity index (χ4n) is 3.27. The van der Waals surface area contributed by atoms with E-state index in [4.69, 9.17) is 9.72 Å². The van der Waals surface area contributed by atoms with Crippen molar-refractivity contribution in [2.45, 2.75) is 50.2 Å². The Morgan fingerprint density at radius 3 is 2.48 bits per heavy atom. The zero-order valence-electron chi connectivity index (χ0n) is 19.9. The summed E-state index contributed by atoms with van der Waals surface area (Å²) in [7, 11) is 3.94. The van der Waals surface area contributed by atoms with Gasteiger partial charge in [0, 0.05) is 38.6 Å². The molecule has 33 heavy (non-hydrogen) atoms. The van der Waals surface area contributed by atoms with Crippen molar-refractivity contribution in [2.24, 2.45) is 0 Å². The molecule has 0 bridgehead atoms. The number of fused-ring (bicyclic) bond motifs is 1. The van der Waals surface area contributed by atoms with Gasteiger partial charge in [-0.3, -0.25) is 14.2 Å². The summed E-state index contributed by atoms with van der Waals surface area (Å²) >= 11 is 1.29. The van der Waals surface area contributed by atoms with Gasteiger partial charge in [-0.1, -0.05) is 23.9 Å². The van der Waals surface area contributed by atoms with Gasteiger partial charge in [-0.25, -0.2) is 4.98 Å². The number of anilines is 2. The first kappa shape index (κ1) is 24.8. The second-order valence-corrected chi connectivity index (χ2v) is 9.64. The molecule has 3 rings (SSSR count). The fraction of sp³-hybridized carbons (Fsp3) is 0.400. The number of carbonyl (C=O) groups excluding carboxylic acids is 1. The third-order valence-electron chi connectivity index (χ3n) is 5.11. The minimum atomic E-state index is -0.440. The van der Waals surface area contributed by atoms with Gasteiger partial charge < -0.3 is 15.0 Å². The average molecular weight is 469 g/mol. The molecule has 1 N–H and O–H groups in total. The Morgan fingerprint density at radius 2 is 1.82 bits per heavy atom. The smallest absolute Gasteiger partial charge is 0.262 e. The summed E-state index contributed by atoms with van der Waals surface area (Å²) in [5.41, 5.74) is 2.32. The van der Waals surface area contributed by atoms with Crippen LogP contribution in [-0.2, 0) is 16.1 Å². The predicted octanol–water partition coefficient (Wildman–Crippen LogP) is 4.40. The SMILES string of the molecule is CC(C)OCCCn1c(S[C@@H](C)C(=O)Nc2ccc(N(C)C)cc2)nc2ccccc2c1=O. The summed E-state index contributed by atoms with van der Waals surface area (Å²) in [5, 5.41) is 3.62. The number of hydrogen-bond donors (Lipinski definition) is 1. The number of benzene rings is 2. The number of carbonyl (C=O) groups is 1. The molecule has 0 aliphatic rings. The van der Waals surface area contributed by atoms with E-state index in [1.165, 1.54) is 11.8 Å². The zero-order valence-corrected chi connectivity index (χ0v) is 20.7. The van der Waals surface area contributed by atoms with Crippen molar-refractivity contribution >= 4 is 39.9 Å². The molecule has 0 aliphatic heterocycles. The summed E-state index contributed by atoms with van der Waals surface area (Å²) in [5.74, 6) is -0.144. The van der Waals surface area contributed by atoms with E-state index >= 15 is 0 Å². The summed E-state index contributed by atoms with van der Waals surface area (Å²) in [6, 6.07) is 15.0. The Labute approximate surface area is 199 Å². The minimum absolute atomic E-state index is 0.0977. The second-order valence-electron chi connectivity index (χ2n) is 8.33. The zero-order chi connectivity index (χ0) is 24.0. The van der Waals surface area contributed by atoms with Crippen LogP contribution in [0.4, 0.5) is 11.4 Å². The van der Waals surface area contributed by atoms with Crippen LogP contribution >= 0.6 is 11.8 Å². The van der Waals surface area contributed by atoms with E-state index in [1.807, 2.05) is 82.2 Å². The molecule has 176 valence electrons. The van der Waals surface area contributed by atoms with Crippen LogP contribution in [0.25, 0.3) is 10.9 Å². The fourth-order valence-corrected chi connectivity index (χ4v) is 4.21. The summed E-state index contributed by atoms with van der Waals surface area (Å²) < 4.78 is 7.29. The average Bonchev–Trinajstić information content (AvgIpc) is 2.78. The molecular formula is C25H32N4O3S. The summed E-state index contributed by atoms with van der Waals surface area (Å²) in [4.78, 5) is 32.7. The molecule has 1 heterocycles. The largest absolute Gasteiger partial charge is 0.379 e. The number of ether oxygens (including phenoxy) is 1. The van der Waals surface area contributed by atoms with Gasteiger partial charge in [0.15, 0.2) is 5.16 Å². The lowest BCUT2D eigenvalue weighted by Gasteiger charge is -2.17. The molecule has 0 unspecified atom stereocenters. The van der Waals surface area contributed by atoms with Crippen LogP contribution in [0.5, 0.6) is 0 Å². The quantitative estimate of drug-likeness (QED) is 0.270. The molecule has 8 heteroatoms. The maximum atomic E-state index is 13.2. The monoisotopic (exact) mass is 468 g/mol. The van der Waals surface area contributed by atoms with Crippen LogP contribution in [0.1, 0.15) is 27.2 Å². The highest BCUT2D eigenvalue weighted by molar-refractivity contribution is 8.00. The van der Waals surface area contributed by atoms with Gasteiger partial charge in [-0.2, -0.15) is 0 Å². The Balaban J connectivity index is 1.78. The highest BCUT2D eigenvalue weighted by Crippen LogP contribution is 2.24. The lowest BCUT2D eigenvalue weighted by Crippen LogP contribution is -2.27. The van der Waals surface area contributed by atoms with Crippen molar-refractivity contribution in [3.8, 4) is 0 Å². The molecule has 2 aromatic carbocycles. The number of para-hydroxylation sites is 1. The maximum Gasteiger partial charge on any atom is 0.262 e. The van der Waals surface area contributed by atoms with Crippen molar-refractivity contribution in [1.82, 2.24) is 9.55 Å². The van der Waals surface area contributed by atoms with Crippen LogP contribution in [0.2, 0.25) is 0 Å². The number of hydrogen-bond acceptors (Lipinski definition) is 6. The van der Waals surface area contributed by atoms with Gasteiger partial charge in [0.2, 0.25) is 5.91 Å². The van der Waals surface area contributed by atoms with Crippen LogP contribution in [0, 0.1) is 0 Å². The molecule has 0 radical (unpaired) electrons. The number of amides is 1. The highest BCUT2D eigenvalue weighted by Gasteiger charge is 2.19. The summed E-state index contributed by atoms with van der Waals surface area (Å²) in [6.07, 6.45) is 0.825. The molecular weight excluding hydrogens is 436 g/mol. The molecule has 0 aliphatic carbocycles. The molecule has 0 fully saturated rings. The van der Waals surface area contributed by atoms with E-state index in [9.17, 15) is 9.59 Å².